The lowest BCUT2D eigenvalue weighted by Gasteiger charge is -2.10. The van der Waals surface area contributed by atoms with E-state index in [-0.39, 0.29) is 5.91 Å². The highest BCUT2D eigenvalue weighted by atomic mass is 32.2. The fourth-order valence-electron chi connectivity index (χ4n) is 0.779. The van der Waals surface area contributed by atoms with Crippen molar-refractivity contribution in [3.8, 4) is 0 Å². The van der Waals surface area contributed by atoms with Crippen LogP contribution in [0, 0.1) is 0 Å². The van der Waals surface area contributed by atoms with E-state index in [1.54, 1.807) is 12.5 Å². The molecule has 0 aromatic rings. The summed E-state index contributed by atoms with van der Waals surface area (Å²) in [6.45, 7) is 0. The van der Waals surface area contributed by atoms with Gasteiger partial charge in [0.1, 0.15) is 0 Å². The Hall–Kier alpha value is 0.320. The van der Waals surface area contributed by atoms with Crippen LogP contribution in [0.2, 0.25) is 0 Å². The maximum atomic E-state index is 11.2. The molecule has 0 bridgehead atoms. The van der Waals surface area contributed by atoms with E-state index >= 15 is 0 Å². The Kier molecular flexibility index (Phi) is 7.89. The molecule has 0 heterocycles. The van der Waals surface area contributed by atoms with Crippen LogP contribution in [0.4, 0.5) is 0 Å². The molecule has 0 aliphatic carbocycles. The Bertz CT molecular complexity index is 187. The van der Waals surface area contributed by atoms with Gasteiger partial charge in [-0.25, -0.2) is 3.71 Å². The molecular weight excluding hydrogens is 226 g/mol. The predicted octanol–water partition coefficient (Wildman–Crippen LogP) is 1.49. The minimum Gasteiger partial charge on any atom is -0.273 e. The van der Waals surface area contributed by atoms with Gasteiger partial charge in [-0.15, -0.1) is 0 Å². The summed E-state index contributed by atoms with van der Waals surface area (Å²) in [7, 11) is -0.742. The van der Waals surface area contributed by atoms with Gasteiger partial charge in [0.15, 0.2) is 0 Å². The van der Waals surface area contributed by atoms with Gasteiger partial charge in [-0.1, -0.05) is 12.8 Å². The normalized spacial score (nSPS) is 12.5. The first-order valence-electron chi connectivity index (χ1n) is 3.94. The first-order valence-corrected chi connectivity index (χ1v) is 7.24. The Morgan fingerprint density at radius 3 is 2.62 bits per heavy atom. The molecule has 0 aliphatic heterocycles. The fourth-order valence-corrected chi connectivity index (χ4v) is 1.78. The van der Waals surface area contributed by atoms with Gasteiger partial charge in [0.25, 0.3) is 0 Å². The predicted molar refractivity (Wildman–Crippen MR) is 62.1 cm³/mol. The number of rotatable bonds is 6. The van der Waals surface area contributed by atoms with Gasteiger partial charge < -0.3 is 0 Å². The lowest BCUT2D eigenvalue weighted by molar-refractivity contribution is -0.122. The van der Waals surface area contributed by atoms with Gasteiger partial charge in [-0.05, 0) is 24.8 Å². The molecule has 6 heteroatoms. The van der Waals surface area contributed by atoms with Crippen LogP contribution in [0.1, 0.15) is 19.3 Å². The van der Waals surface area contributed by atoms with Crippen LogP contribution in [0.25, 0.3) is 0 Å². The van der Waals surface area contributed by atoms with Crippen molar-refractivity contribution in [2.45, 2.75) is 19.3 Å². The number of hydrogen-bond donors (Lipinski definition) is 1. The molecule has 3 nitrogen and oxygen atoms in total. The van der Waals surface area contributed by atoms with E-state index in [4.69, 9.17) is 0 Å². The van der Waals surface area contributed by atoms with Gasteiger partial charge >= 0.3 is 0 Å². The van der Waals surface area contributed by atoms with Crippen LogP contribution < -0.4 is 0 Å². The summed E-state index contributed by atoms with van der Waals surface area (Å²) in [4.78, 5) is 11.2. The Morgan fingerprint density at radius 1 is 1.54 bits per heavy atom. The van der Waals surface area contributed by atoms with Crippen molar-refractivity contribution in [3.63, 3.8) is 0 Å². The molecule has 0 saturated carbocycles. The van der Waals surface area contributed by atoms with Crippen LogP contribution in [0.5, 0.6) is 0 Å². The van der Waals surface area contributed by atoms with Gasteiger partial charge in [-0.2, -0.15) is 0 Å². The van der Waals surface area contributed by atoms with E-state index in [1.165, 1.54) is 15.7 Å². The topological polar surface area (TPSA) is 37.4 Å². The summed E-state index contributed by atoms with van der Waals surface area (Å²) >= 11 is 5.24. The largest absolute Gasteiger partial charge is 0.273 e. The van der Waals surface area contributed by atoms with Crippen LogP contribution in [-0.4, -0.2) is 32.1 Å². The lowest BCUT2D eigenvalue weighted by Crippen LogP contribution is -2.13. The zero-order chi connectivity index (χ0) is 10.3. The van der Waals surface area contributed by atoms with Gasteiger partial charge in [0.2, 0.25) is 5.91 Å². The molecule has 1 atom stereocenters. The first kappa shape index (κ1) is 13.3. The van der Waals surface area contributed by atoms with Crippen molar-refractivity contribution >= 4 is 41.5 Å². The van der Waals surface area contributed by atoms with E-state index in [0.29, 0.717) is 12.2 Å². The Labute approximate surface area is 91.8 Å². The van der Waals surface area contributed by atoms with Crippen molar-refractivity contribution in [2.75, 3.05) is 18.3 Å². The minimum absolute atomic E-state index is 0.0118. The van der Waals surface area contributed by atoms with Crippen molar-refractivity contribution in [1.82, 2.24) is 3.71 Å². The Morgan fingerprint density at radius 2 is 2.15 bits per heavy atom. The first-order chi connectivity index (χ1) is 6.07. The molecule has 13 heavy (non-hydrogen) atoms. The molecule has 0 aromatic heterocycles. The highest BCUT2D eigenvalue weighted by Gasteiger charge is 2.07. The van der Waals surface area contributed by atoms with E-state index in [2.05, 4.69) is 12.8 Å². The highest BCUT2D eigenvalue weighted by Crippen LogP contribution is 2.12. The summed E-state index contributed by atoms with van der Waals surface area (Å²) in [5, 5.41) is 0. The second kappa shape index (κ2) is 7.70. The Balaban J connectivity index is 3.42. The number of carbonyl (C=O) groups is 1. The van der Waals surface area contributed by atoms with Crippen LogP contribution in [0.15, 0.2) is 0 Å². The summed E-state index contributed by atoms with van der Waals surface area (Å²) in [5.74, 6) is 0.691. The third-order valence-electron chi connectivity index (χ3n) is 1.46. The molecular formula is C7H15NO2S3. The minimum atomic E-state index is -0.742. The van der Waals surface area contributed by atoms with Crippen LogP contribution in [0.3, 0.4) is 0 Å². The molecule has 0 spiro atoms. The number of nitrogens with zero attached hydrogens (tertiary/aromatic N) is 1. The van der Waals surface area contributed by atoms with E-state index < -0.39 is 10.8 Å². The average Bonchev–Trinajstić information content (AvgIpc) is 2.10. The second-order valence-electron chi connectivity index (χ2n) is 2.58. The molecule has 0 saturated heterocycles. The highest BCUT2D eigenvalue weighted by molar-refractivity contribution is 8.05. The number of amides is 1. The molecule has 0 rings (SSSR count). The summed E-state index contributed by atoms with van der Waals surface area (Å²) in [6.07, 6.45) is 5.59. The summed E-state index contributed by atoms with van der Waals surface area (Å²) in [5.41, 5.74) is 0. The standard InChI is InChI=1S/C7H15NO2S3/c1-12-8(11)7(9)5-3-4-6-13(2)10/h11H,3-6H2,1-2H3. The lowest BCUT2D eigenvalue weighted by atomic mass is 10.2. The SMILES string of the molecule is CSN(S)C(=O)CCCCS(C)=O. The molecule has 0 radical (unpaired) electrons. The van der Waals surface area contributed by atoms with Crippen molar-refractivity contribution < 1.29 is 9.00 Å². The van der Waals surface area contributed by atoms with Gasteiger partial charge in [0, 0.05) is 35.5 Å². The average molecular weight is 241 g/mol. The fraction of sp³-hybridized carbons (Fsp3) is 0.857. The van der Waals surface area contributed by atoms with E-state index in [9.17, 15) is 9.00 Å². The van der Waals surface area contributed by atoms with Crippen molar-refractivity contribution in [1.29, 1.82) is 0 Å². The number of thiol groups is 1. The molecule has 0 aromatic carbocycles. The molecule has 0 fully saturated rings. The zero-order valence-electron chi connectivity index (χ0n) is 7.86. The van der Waals surface area contributed by atoms with Crippen LogP contribution >= 0.6 is 24.8 Å². The maximum Gasteiger partial charge on any atom is 0.242 e. The van der Waals surface area contributed by atoms with Crippen LogP contribution in [-0.2, 0) is 15.6 Å². The smallest absolute Gasteiger partial charge is 0.242 e. The molecule has 78 valence electrons. The number of carbonyl (C=O) groups excluding carboxylic acids is 1. The molecule has 0 aliphatic rings. The number of unbranched alkanes of at least 4 members (excludes halogenated alkanes) is 1. The third-order valence-corrected chi connectivity index (χ3v) is 3.58. The second-order valence-corrected chi connectivity index (χ2v) is 5.54. The third kappa shape index (κ3) is 7.40. The molecule has 1 unspecified atom stereocenters. The summed E-state index contributed by atoms with van der Waals surface area (Å²) in [6, 6.07) is 0. The molecule has 0 N–H and O–H groups in total. The number of hydrogen-bond acceptors (Lipinski definition) is 4. The van der Waals surface area contributed by atoms with E-state index in [1.807, 2.05) is 0 Å². The monoisotopic (exact) mass is 241 g/mol. The van der Waals surface area contributed by atoms with Gasteiger partial charge in [-0.3, -0.25) is 9.00 Å². The maximum absolute atomic E-state index is 11.2. The van der Waals surface area contributed by atoms with E-state index in [0.717, 1.165) is 12.8 Å². The van der Waals surface area contributed by atoms with Crippen molar-refractivity contribution in [2.24, 2.45) is 0 Å². The quantitative estimate of drug-likeness (QED) is 0.435. The molecule has 1 amide bonds. The van der Waals surface area contributed by atoms with Crippen molar-refractivity contribution in [3.05, 3.63) is 0 Å². The van der Waals surface area contributed by atoms with Gasteiger partial charge in [0.05, 0.1) is 0 Å². The zero-order valence-corrected chi connectivity index (χ0v) is 10.4. The summed E-state index contributed by atoms with van der Waals surface area (Å²) < 4.78 is 12.0.